The molecule has 2 aliphatic heterocycles. The van der Waals surface area contributed by atoms with Crippen molar-refractivity contribution in [2.45, 2.75) is 56.8 Å². The van der Waals surface area contributed by atoms with Crippen LogP contribution in [0.3, 0.4) is 0 Å². The molecule has 0 radical (unpaired) electrons. The number of carbonyl (C=O) groups is 1. The van der Waals surface area contributed by atoms with Gasteiger partial charge in [0.25, 0.3) is 0 Å². The Morgan fingerprint density at radius 1 is 1.02 bits per heavy atom. The minimum atomic E-state index is -4.75. The summed E-state index contributed by atoms with van der Waals surface area (Å²) in [6.45, 7) is 7.80. The van der Waals surface area contributed by atoms with Crippen LogP contribution < -0.4 is 4.90 Å². The van der Waals surface area contributed by atoms with E-state index in [1.165, 1.54) is 15.3 Å². The van der Waals surface area contributed by atoms with Gasteiger partial charge in [0.1, 0.15) is 11.4 Å². The lowest BCUT2D eigenvalue weighted by molar-refractivity contribution is -0.137. The number of hydrogen-bond donors (Lipinski definition) is 0. The molecule has 1 saturated heterocycles. The maximum absolute atomic E-state index is 13.6. The summed E-state index contributed by atoms with van der Waals surface area (Å²) < 4.78 is 88.2. The standard InChI is InChI=1S/C28H33F4N3O4S/c1-19-18-34(25-9-8-22(29)17-24(25)28(30,31)32)14-15-35(19)40(37,38)23-7-5-6-21(16-23)20-10-12-33(13-11-20)26(36)39-27(2,3)4/h5-10,16-17,19H,11-15,18H2,1-4H3. The molecule has 2 aliphatic rings. The van der Waals surface area contributed by atoms with E-state index in [1.54, 1.807) is 44.7 Å². The topological polar surface area (TPSA) is 70.2 Å². The number of nitrogens with zero attached hydrogens (tertiary/aromatic N) is 3. The van der Waals surface area contributed by atoms with Crippen LogP contribution in [0.15, 0.2) is 53.4 Å². The van der Waals surface area contributed by atoms with Crippen LogP contribution in [0.4, 0.5) is 28.0 Å². The minimum Gasteiger partial charge on any atom is -0.444 e. The van der Waals surface area contributed by atoms with Crippen LogP contribution in [0.25, 0.3) is 5.57 Å². The normalized spacial score (nSPS) is 19.4. The highest BCUT2D eigenvalue weighted by Crippen LogP contribution is 2.38. The molecule has 1 amide bonds. The summed E-state index contributed by atoms with van der Waals surface area (Å²) in [7, 11) is -3.96. The lowest BCUT2D eigenvalue weighted by Crippen LogP contribution is -2.54. The van der Waals surface area contributed by atoms with Gasteiger partial charge in [-0.3, -0.25) is 0 Å². The Labute approximate surface area is 232 Å². The summed E-state index contributed by atoms with van der Waals surface area (Å²) in [5.74, 6) is -0.990. The van der Waals surface area contributed by atoms with Crippen molar-refractivity contribution >= 4 is 27.4 Å². The lowest BCUT2D eigenvalue weighted by Gasteiger charge is -2.40. The van der Waals surface area contributed by atoms with E-state index in [0.29, 0.717) is 25.6 Å². The summed E-state index contributed by atoms with van der Waals surface area (Å²) in [5.41, 5.74) is -0.242. The predicted octanol–water partition coefficient (Wildman–Crippen LogP) is 5.77. The van der Waals surface area contributed by atoms with Crippen LogP contribution in [0, 0.1) is 5.82 Å². The van der Waals surface area contributed by atoms with Crippen molar-refractivity contribution in [3.05, 3.63) is 65.5 Å². The fourth-order valence-electron chi connectivity index (χ4n) is 4.94. The first kappa shape index (κ1) is 29.9. The average molecular weight is 584 g/mol. The molecule has 2 heterocycles. The second-order valence-electron chi connectivity index (χ2n) is 11.0. The number of amides is 1. The third-order valence-corrected chi connectivity index (χ3v) is 8.85. The Morgan fingerprint density at radius 3 is 2.35 bits per heavy atom. The third-order valence-electron chi connectivity index (χ3n) is 6.84. The zero-order chi connectivity index (χ0) is 29.5. The van der Waals surface area contributed by atoms with Gasteiger partial charge in [0.05, 0.1) is 10.5 Å². The monoisotopic (exact) mass is 583 g/mol. The first-order chi connectivity index (χ1) is 18.6. The van der Waals surface area contributed by atoms with Gasteiger partial charge >= 0.3 is 12.3 Å². The zero-order valence-electron chi connectivity index (χ0n) is 22.8. The van der Waals surface area contributed by atoms with Gasteiger partial charge in [-0.25, -0.2) is 17.6 Å². The number of ether oxygens (including phenoxy) is 1. The van der Waals surface area contributed by atoms with E-state index in [0.717, 1.165) is 23.3 Å². The Morgan fingerprint density at radius 2 is 1.75 bits per heavy atom. The molecule has 40 heavy (non-hydrogen) atoms. The SMILES string of the molecule is CC1CN(c2ccc(F)cc2C(F)(F)F)CCN1S(=O)(=O)c1cccc(C2=CCN(C(=O)OC(C)(C)C)CC2)c1. The molecule has 0 aliphatic carbocycles. The van der Waals surface area contributed by atoms with E-state index in [9.17, 15) is 30.8 Å². The van der Waals surface area contributed by atoms with E-state index >= 15 is 0 Å². The Bertz CT molecular complexity index is 1400. The number of rotatable bonds is 4. The van der Waals surface area contributed by atoms with Crippen molar-refractivity contribution in [3.8, 4) is 0 Å². The summed E-state index contributed by atoms with van der Waals surface area (Å²) >= 11 is 0. The Balaban J connectivity index is 1.49. The molecule has 2 aromatic carbocycles. The second-order valence-corrected chi connectivity index (χ2v) is 12.9. The number of benzene rings is 2. The summed E-state index contributed by atoms with van der Waals surface area (Å²) in [6, 6.07) is 8.42. The molecule has 0 bridgehead atoms. The van der Waals surface area contributed by atoms with Crippen LogP contribution >= 0.6 is 0 Å². The summed E-state index contributed by atoms with van der Waals surface area (Å²) in [6.07, 6.45) is -2.75. The molecule has 4 rings (SSSR count). The van der Waals surface area contributed by atoms with E-state index in [-0.39, 0.29) is 30.2 Å². The molecule has 0 N–H and O–H groups in total. The Hall–Kier alpha value is -3.12. The van der Waals surface area contributed by atoms with Gasteiger partial charge in [0.2, 0.25) is 10.0 Å². The maximum atomic E-state index is 13.6. The predicted molar refractivity (Wildman–Crippen MR) is 144 cm³/mol. The fourth-order valence-corrected chi connectivity index (χ4v) is 6.60. The number of carbonyl (C=O) groups excluding carboxylic acids is 1. The van der Waals surface area contributed by atoms with Crippen molar-refractivity contribution in [1.29, 1.82) is 0 Å². The van der Waals surface area contributed by atoms with E-state index in [2.05, 4.69) is 0 Å². The van der Waals surface area contributed by atoms with Crippen LogP contribution in [0.2, 0.25) is 0 Å². The highest BCUT2D eigenvalue weighted by Gasteiger charge is 2.39. The van der Waals surface area contributed by atoms with Crippen LogP contribution in [0.1, 0.15) is 45.2 Å². The van der Waals surface area contributed by atoms with Crippen LogP contribution in [-0.2, 0) is 20.9 Å². The van der Waals surface area contributed by atoms with Crippen molar-refractivity contribution in [2.75, 3.05) is 37.6 Å². The summed E-state index contributed by atoms with van der Waals surface area (Å²) in [5, 5.41) is 0. The molecular formula is C28H33F4N3O4S. The minimum absolute atomic E-state index is 0.0132. The molecule has 1 fully saturated rings. The van der Waals surface area contributed by atoms with E-state index < -0.39 is 45.3 Å². The number of hydrogen-bond acceptors (Lipinski definition) is 5. The van der Waals surface area contributed by atoms with Gasteiger partial charge in [-0.1, -0.05) is 18.2 Å². The first-order valence-electron chi connectivity index (χ1n) is 13.0. The van der Waals surface area contributed by atoms with Crippen molar-refractivity contribution in [2.24, 2.45) is 0 Å². The molecule has 7 nitrogen and oxygen atoms in total. The fraction of sp³-hybridized carbons (Fsp3) is 0.464. The quantitative estimate of drug-likeness (QED) is 0.428. The van der Waals surface area contributed by atoms with Crippen molar-refractivity contribution in [1.82, 2.24) is 9.21 Å². The molecule has 2 aromatic rings. The third kappa shape index (κ3) is 6.60. The largest absolute Gasteiger partial charge is 0.444 e. The number of halogens is 4. The molecule has 1 atom stereocenters. The Kier molecular flexibility index (Phi) is 8.24. The second kappa shape index (κ2) is 11.0. The lowest BCUT2D eigenvalue weighted by atomic mass is 10.00. The number of piperazine rings is 1. The maximum Gasteiger partial charge on any atom is 0.418 e. The van der Waals surface area contributed by atoms with Crippen molar-refractivity contribution < 1.29 is 35.5 Å². The van der Waals surface area contributed by atoms with Crippen molar-refractivity contribution in [3.63, 3.8) is 0 Å². The smallest absolute Gasteiger partial charge is 0.418 e. The number of sulfonamides is 1. The zero-order valence-corrected chi connectivity index (χ0v) is 23.7. The van der Waals surface area contributed by atoms with Gasteiger partial charge in [0, 0.05) is 44.5 Å². The van der Waals surface area contributed by atoms with Gasteiger partial charge in [-0.2, -0.15) is 17.5 Å². The van der Waals surface area contributed by atoms with E-state index in [1.807, 2.05) is 12.1 Å². The summed E-state index contributed by atoms with van der Waals surface area (Å²) in [4.78, 5) is 15.5. The molecule has 12 heteroatoms. The van der Waals surface area contributed by atoms with Crippen LogP contribution in [0.5, 0.6) is 0 Å². The molecule has 0 saturated carbocycles. The molecule has 218 valence electrons. The number of anilines is 1. The van der Waals surface area contributed by atoms with E-state index in [4.69, 9.17) is 4.74 Å². The highest BCUT2D eigenvalue weighted by atomic mass is 32.2. The first-order valence-corrected chi connectivity index (χ1v) is 14.4. The van der Waals surface area contributed by atoms with Gasteiger partial charge in [0.15, 0.2) is 0 Å². The highest BCUT2D eigenvalue weighted by molar-refractivity contribution is 7.89. The van der Waals surface area contributed by atoms with Gasteiger partial charge in [-0.15, -0.1) is 0 Å². The molecule has 1 unspecified atom stereocenters. The van der Waals surface area contributed by atoms with Gasteiger partial charge < -0.3 is 14.5 Å². The molecule has 0 spiro atoms. The van der Waals surface area contributed by atoms with Crippen LogP contribution in [-0.4, -0.2) is 68.1 Å². The average Bonchev–Trinajstić information content (AvgIpc) is 2.87. The van der Waals surface area contributed by atoms with Gasteiger partial charge in [-0.05, 0) is 75.6 Å². The molecule has 0 aromatic heterocycles. The molecular weight excluding hydrogens is 550 g/mol. The number of alkyl halides is 3.